The van der Waals surface area contributed by atoms with Crippen molar-refractivity contribution < 1.29 is 0 Å². The fourth-order valence-corrected chi connectivity index (χ4v) is 5.43. The summed E-state index contributed by atoms with van der Waals surface area (Å²) in [7, 11) is 0. The molecule has 4 rings (SSSR count). The molecule has 0 atom stereocenters. The Morgan fingerprint density at radius 2 is 1.85 bits per heavy atom. The number of aliphatic imine (C=N–C) groups is 1. The van der Waals surface area contributed by atoms with Gasteiger partial charge in [-0.25, -0.2) is 0 Å². The molecule has 1 N–H and O–H groups in total. The van der Waals surface area contributed by atoms with Crippen LogP contribution in [-0.2, 0) is 13.0 Å². The van der Waals surface area contributed by atoms with Crippen LogP contribution in [0.4, 0.5) is 0 Å². The van der Waals surface area contributed by atoms with Crippen LogP contribution in [0.3, 0.4) is 0 Å². The van der Waals surface area contributed by atoms with E-state index >= 15 is 0 Å². The molecule has 0 aliphatic heterocycles. The van der Waals surface area contributed by atoms with Gasteiger partial charge in [-0.2, -0.15) is 0 Å². The Bertz CT molecular complexity index is 1400. The van der Waals surface area contributed by atoms with E-state index in [0.29, 0.717) is 0 Å². The molecule has 1 aliphatic carbocycles. The van der Waals surface area contributed by atoms with Gasteiger partial charge in [-0.1, -0.05) is 94.8 Å². The Kier molecular flexibility index (Phi) is 10.4. The second kappa shape index (κ2) is 14.2. The lowest BCUT2D eigenvalue weighted by atomic mass is 9.83. The molecular weight excluding hydrogens is 486 g/mol. The standard InChI is InChI=1S/C37H45N3/c1-7-26(4)35(8-2)39-24-27(5)33-17-12-18-34(28(33)6)30-15-11-16-31(23-30)37-20-19-32(36(9-3)40-37)25-38-22-21-29-13-10-14-29/h7,11-12,15-20,23-24,29,38H,1,5,8-10,13-14,21-22,25H2,2-4,6H3/b35-26+,39-24?. The van der Waals surface area contributed by atoms with Gasteiger partial charge in [0.15, 0.2) is 0 Å². The topological polar surface area (TPSA) is 37.3 Å². The zero-order valence-corrected chi connectivity index (χ0v) is 24.9. The fraction of sp³-hybridized carbons (Fsp3) is 0.351. The van der Waals surface area contributed by atoms with Crippen LogP contribution in [0.15, 0.2) is 90.1 Å². The minimum absolute atomic E-state index is 0.860. The van der Waals surface area contributed by atoms with E-state index in [2.05, 4.69) is 93.8 Å². The first kappa shape index (κ1) is 29.4. The van der Waals surface area contributed by atoms with E-state index in [9.17, 15) is 0 Å². The summed E-state index contributed by atoms with van der Waals surface area (Å²) < 4.78 is 0. The minimum Gasteiger partial charge on any atom is -0.313 e. The number of pyridine rings is 1. The molecule has 1 fully saturated rings. The molecule has 0 spiro atoms. The summed E-state index contributed by atoms with van der Waals surface area (Å²) in [6, 6.07) is 19.6. The number of hydrogen-bond acceptors (Lipinski definition) is 3. The molecule has 1 saturated carbocycles. The van der Waals surface area contributed by atoms with Gasteiger partial charge in [-0.05, 0) is 96.7 Å². The summed E-state index contributed by atoms with van der Waals surface area (Å²) in [5.74, 6) is 0.944. The molecule has 0 amide bonds. The molecular formula is C37H45N3. The van der Waals surface area contributed by atoms with Gasteiger partial charge in [0.05, 0.1) is 5.69 Å². The van der Waals surface area contributed by atoms with Crippen LogP contribution >= 0.6 is 0 Å². The van der Waals surface area contributed by atoms with Gasteiger partial charge in [-0.15, -0.1) is 0 Å². The highest BCUT2D eigenvalue weighted by atomic mass is 14.9. The van der Waals surface area contributed by atoms with Gasteiger partial charge in [-0.3, -0.25) is 9.98 Å². The maximum Gasteiger partial charge on any atom is 0.0705 e. The van der Waals surface area contributed by atoms with Crippen LogP contribution in [0, 0.1) is 12.8 Å². The highest BCUT2D eigenvalue weighted by molar-refractivity contribution is 6.10. The summed E-state index contributed by atoms with van der Waals surface area (Å²) >= 11 is 0. The Hall–Kier alpha value is -3.56. The van der Waals surface area contributed by atoms with E-state index in [4.69, 9.17) is 9.98 Å². The minimum atomic E-state index is 0.860. The summed E-state index contributed by atoms with van der Waals surface area (Å²) in [5.41, 5.74) is 12.4. The van der Waals surface area contributed by atoms with Crippen molar-refractivity contribution in [3.8, 4) is 22.4 Å². The van der Waals surface area contributed by atoms with Crippen LogP contribution in [-0.4, -0.2) is 17.7 Å². The zero-order valence-electron chi connectivity index (χ0n) is 24.9. The highest BCUT2D eigenvalue weighted by Gasteiger charge is 2.16. The molecule has 0 saturated heterocycles. The van der Waals surface area contributed by atoms with Crippen molar-refractivity contribution in [2.45, 2.75) is 72.8 Å². The largest absolute Gasteiger partial charge is 0.313 e. The molecule has 0 bridgehead atoms. The van der Waals surface area contributed by atoms with Gasteiger partial charge in [0.2, 0.25) is 0 Å². The fourth-order valence-electron chi connectivity index (χ4n) is 5.43. The third-order valence-corrected chi connectivity index (χ3v) is 8.29. The SMILES string of the molecule is C=C/C(C)=C(\CC)N=CC(=C)c1cccc(-c2cccc(-c3ccc(CNCCC4CCC4)c(CC)n3)c2)c1C. The predicted octanol–water partition coefficient (Wildman–Crippen LogP) is 9.52. The summed E-state index contributed by atoms with van der Waals surface area (Å²) in [4.78, 5) is 9.81. The molecule has 1 aliphatic rings. The predicted molar refractivity (Wildman–Crippen MR) is 174 cm³/mol. The maximum absolute atomic E-state index is 5.09. The Morgan fingerprint density at radius 1 is 1.07 bits per heavy atom. The van der Waals surface area contributed by atoms with Crippen molar-refractivity contribution in [3.05, 3.63) is 107 Å². The Morgan fingerprint density at radius 3 is 2.55 bits per heavy atom. The molecule has 208 valence electrons. The molecule has 3 heteroatoms. The van der Waals surface area contributed by atoms with Crippen LogP contribution in [0.2, 0.25) is 0 Å². The number of hydrogen-bond donors (Lipinski definition) is 1. The van der Waals surface area contributed by atoms with Crippen LogP contribution in [0.25, 0.3) is 28.0 Å². The van der Waals surface area contributed by atoms with Crippen LogP contribution in [0.5, 0.6) is 0 Å². The van der Waals surface area contributed by atoms with Gasteiger partial charge < -0.3 is 5.32 Å². The summed E-state index contributed by atoms with van der Waals surface area (Å²) in [5, 5.41) is 3.65. The van der Waals surface area contributed by atoms with E-state index in [0.717, 1.165) is 65.5 Å². The Labute approximate surface area is 241 Å². The van der Waals surface area contributed by atoms with E-state index in [1.165, 1.54) is 53.6 Å². The molecule has 2 aromatic carbocycles. The maximum atomic E-state index is 5.09. The summed E-state index contributed by atoms with van der Waals surface area (Å²) in [6.07, 6.45) is 11.1. The first-order valence-corrected chi connectivity index (χ1v) is 14.9. The number of nitrogens with one attached hydrogen (secondary N) is 1. The van der Waals surface area contributed by atoms with Crippen molar-refractivity contribution >= 4 is 11.8 Å². The monoisotopic (exact) mass is 531 g/mol. The van der Waals surface area contributed by atoms with E-state index in [1.54, 1.807) is 0 Å². The van der Waals surface area contributed by atoms with E-state index in [-0.39, 0.29) is 0 Å². The van der Waals surface area contributed by atoms with Gasteiger partial charge in [0.1, 0.15) is 0 Å². The third-order valence-electron chi connectivity index (χ3n) is 8.29. The van der Waals surface area contributed by atoms with Crippen molar-refractivity contribution in [3.63, 3.8) is 0 Å². The quantitative estimate of drug-likeness (QED) is 0.135. The molecule has 0 unspecified atom stereocenters. The number of aryl methyl sites for hydroxylation is 1. The first-order valence-electron chi connectivity index (χ1n) is 14.9. The number of benzene rings is 2. The molecule has 1 aromatic heterocycles. The lowest BCUT2D eigenvalue weighted by Crippen LogP contribution is -2.21. The summed E-state index contributed by atoms with van der Waals surface area (Å²) in [6.45, 7) is 18.7. The van der Waals surface area contributed by atoms with E-state index in [1.807, 2.05) is 19.2 Å². The van der Waals surface area contributed by atoms with Crippen molar-refractivity contribution in [1.29, 1.82) is 0 Å². The van der Waals surface area contributed by atoms with Gasteiger partial charge in [0.25, 0.3) is 0 Å². The molecule has 0 radical (unpaired) electrons. The number of rotatable bonds is 13. The van der Waals surface area contributed by atoms with Crippen LogP contribution < -0.4 is 5.32 Å². The normalized spacial score (nSPS) is 14.2. The average molecular weight is 532 g/mol. The van der Waals surface area contributed by atoms with E-state index < -0.39 is 0 Å². The Balaban J connectivity index is 1.53. The van der Waals surface area contributed by atoms with Gasteiger partial charge in [0, 0.05) is 29.7 Å². The molecule has 1 heterocycles. The third kappa shape index (κ3) is 7.14. The molecule has 3 nitrogen and oxygen atoms in total. The van der Waals surface area contributed by atoms with Gasteiger partial charge >= 0.3 is 0 Å². The average Bonchev–Trinajstić information content (AvgIpc) is 2.96. The zero-order chi connectivity index (χ0) is 28.5. The highest BCUT2D eigenvalue weighted by Crippen LogP contribution is 2.32. The number of nitrogens with zero attached hydrogens (tertiary/aromatic N) is 2. The van der Waals surface area contributed by atoms with Crippen molar-refractivity contribution in [1.82, 2.24) is 10.3 Å². The second-order valence-electron chi connectivity index (χ2n) is 10.9. The molecule has 40 heavy (non-hydrogen) atoms. The lowest BCUT2D eigenvalue weighted by molar-refractivity contribution is 0.292. The van der Waals surface area contributed by atoms with Crippen LogP contribution in [0.1, 0.15) is 75.3 Å². The first-order chi connectivity index (χ1) is 19.4. The number of aromatic nitrogens is 1. The smallest absolute Gasteiger partial charge is 0.0705 e. The second-order valence-corrected chi connectivity index (χ2v) is 10.9. The van der Waals surface area contributed by atoms with Crippen molar-refractivity contribution in [2.75, 3.05) is 6.54 Å². The number of allylic oxidation sites excluding steroid dienone is 4. The van der Waals surface area contributed by atoms with Crippen molar-refractivity contribution in [2.24, 2.45) is 10.9 Å². The molecule has 3 aromatic rings. The lowest BCUT2D eigenvalue weighted by Gasteiger charge is -2.25.